The van der Waals surface area contributed by atoms with Crippen molar-refractivity contribution >= 4 is 89.8 Å². The van der Waals surface area contributed by atoms with Gasteiger partial charge in [-0.2, -0.15) is 22.0 Å². The summed E-state index contributed by atoms with van der Waals surface area (Å²) in [7, 11) is 5.63. The highest BCUT2D eigenvalue weighted by Gasteiger charge is 2.38. The number of benzene rings is 6. The third kappa shape index (κ3) is 17.0. The van der Waals surface area contributed by atoms with Crippen LogP contribution in [0.15, 0.2) is 89.4 Å². The van der Waals surface area contributed by atoms with Gasteiger partial charge in [-0.05, 0) is 145 Å². The normalized spacial score (nSPS) is 11.2. The van der Waals surface area contributed by atoms with Crippen molar-refractivity contribution in [2.24, 2.45) is 5.92 Å². The van der Waals surface area contributed by atoms with Gasteiger partial charge in [0.1, 0.15) is 75.0 Å². The number of alkyl halides is 6. The molecule has 0 saturated carbocycles. The Hall–Kier alpha value is -3.65. The van der Waals surface area contributed by atoms with Crippen molar-refractivity contribution in [2.45, 2.75) is 51.0 Å². The van der Waals surface area contributed by atoms with Crippen molar-refractivity contribution in [3.63, 3.8) is 0 Å². The summed E-state index contributed by atoms with van der Waals surface area (Å²) in [6.45, 7) is 7.71. The lowest BCUT2D eigenvalue weighted by Gasteiger charge is -2.14. The van der Waals surface area contributed by atoms with E-state index < -0.39 is 103 Å². The number of phenolic OH excluding ortho intramolecular Hbond substituents is 1. The van der Waals surface area contributed by atoms with Gasteiger partial charge in [0.15, 0.2) is 0 Å². The minimum absolute atomic E-state index is 0.0523. The Bertz CT molecular complexity index is 2880. The van der Waals surface area contributed by atoms with Gasteiger partial charge in [0.2, 0.25) is 0 Å². The van der Waals surface area contributed by atoms with E-state index in [1.165, 1.54) is 59.8 Å². The van der Waals surface area contributed by atoms with Gasteiger partial charge in [0, 0.05) is 75.1 Å². The predicted molar refractivity (Wildman–Crippen MR) is 259 cm³/mol. The molecule has 0 aromatic heterocycles. The van der Waals surface area contributed by atoms with E-state index in [0.29, 0.717) is 42.3 Å². The fourth-order valence-corrected chi connectivity index (χ4v) is 12.1. The predicted octanol–water partition coefficient (Wildman–Crippen LogP) is 16.7. The molecular formula is C45H31Br2F15OS6. The highest BCUT2D eigenvalue weighted by Crippen LogP contribution is 2.41. The maximum absolute atomic E-state index is 14.7. The molecule has 1 nitrogen and oxygen atoms in total. The summed E-state index contributed by atoms with van der Waals surface area (Å²) >= 11 is 13.7. The highest BCUT2D eigenvalue weighted by atomic mass is 79.9. The smallest absolute Gasteiger partial charge is 0.422 e. The second-order valence-electron chi connectivity index (χ2n) is 14.7. The van der Waals surface area contributed by atoms with E-state index in [1.54, 1.807) is 6.07 Å². The van der Waals surface area contributed by atoms with Crippen molar-refractivity contribution < 1.29 is 71.0 Å². The molecular weight excluding hydrogens is 1190 g/mol. The molecule has 6 rings (SSSR count). The monoisotopic (exact) mass is 1220 g/mol. The summed E-state index contributed by atoms with van der Waals surface area (Å²) < 4.78 is 202. The maximum Gasteiger partial charge on any atom is 0.422 e. The SMILES string of the molecule is CC(C)Cc1ccc(-c2cc(F)c(-c3cc(F)c(C(F)(F)Br)c(F)c3)c(F)c2)c(F)c1.CC(C)c1cc(F)c(Br)c(F)c1.Oc1ccc(-c2cc(F)c(C(F)(F)F)c(F)c2)c(F)c1.S=S=S=S=S=S. The third-order valence-corrected chi connectivity index (χ3v) is 16.8. The van der Waals surface area contributed by atoms with Crippen LogP contribution in [-0.4, -0.2) is 5.11 Å². The van der Waals surface area contributed by atoms with E-state index in [2.05, 4.69) is 38.3 Å². The van der Waals surface area contributed by atoms with Crippen LogP contribution in [0.1, 0.15) is 55.9 Å². The highest BCUT2D eigenvalue weighted by molar-refractivity contribution is 9.10. The first-order chi connectivity index (χ1) is 32.0. The second-order valence-corrected chi connectivity index (χ2v) is 23.6. The first-order valence-corrected chi connectivity index (χ1v) is 27.2. The molecule has 0 unspecified atom stereocenters. The zero-order valence-electron chi connectivity index (χ0n) is 35.3. The van der Waals surface area contributed by atoms with Crippen LogP contribution in [0.3, 0.4) is 0 Å². The first kappa shape index (κ1) is 59.7. The quantitative estimate of drug-likeness (QED) is 0.0977. The molecule has 0 spiro atoms. The summed E-state index contributed by atoms with van der Waals surface area (Å²) in [5.41, 5.74) is -4.51. The lowest BCUT2D eigenvalue weighted by atomic mass is 9.95. The van der Waals surface area contributed by atoms with E-state index in [4.69, 9.17) is 5.11 Å². The minimum Gasteiger partial charge on any atom is -0.508 e. The summed E-state index contributed by atoms with van der Waals surface area (Å²) in [5, 5.41) is 9.01. The zero-order valence-corrected chi connectivity index (χ0v) is 43.3. The number of hydrogen-bond acceptors (Lipinski definition) is 3. The van der Waals surface area contributed by atoms with Gasteiger partial charge in [-0.15, -0.1) is 0 Å². The molecule has 0 aliphatic rings. The van der Waals surface area contributed by atoms with Crippen molar-refractivity contribution in [3.8, 4) is 39.1 Å². The van der Waals surface area contributed by atoms with Crippen molar-refractivity contribution in [1.82, 2.24) is 0 Å². The number of phenols is 1. The zero-order chi connectivity index (χ0) is 52.3. The van der Waals surface area contributed by atoms with Gasteiger partial charge in [0.25, 0.3) is 0 Å². The average molecular weight is 1220 g/mol. The Morgan fingerprint density at radius 1 is 0.522 bits per heavy atom. The van der Waals surface area contributed by atoms with Gasteiger partial charge < -0.3 is 5.11 Å². The molecule has 0 fully saturated rings. The second kappa shape index (κ2) is 26.2. The van der Waals surface area contributed by atoms with Crippen LogP contribution in [-0.2, 0) is 75.3 Å². The van der Waals surface area contributed by atoms with Crippen LogP contribution in [0.2, 0.25) is 0 Å². The minimum atomic E-state index is -5.18. The molecule has 0 aliphatic heterocycles. The summed E-state index contributed by atoms with van der Waals surface area (Å²) in [6.07, 6.45) is -4.56. The Labute approximate surface area is 423 Å². The first-order valence-electron chi connectivity index (χ1n) is 19.0. The van der Waals surface area contributed by atoms with Gasteiger partial charge in [0.05, 0.1) is 10.0 Å². The molecule has 69 heavy (non-hydrogen) atoms. The molecule has 0 atom stereocenters. The Kier molecular flexibility index (Phi) is 22.6. The van der Waals surface area contributed by atoms with Crippen LogP contribution in [0.25, 0.3) is 33.4 Å². The molecule has 24 heteroatoms. The van der Waals surface area contributed by atoms with Crippen molar-refractivity contribution in [1.29, 1.82) is 0 Å². The van der Waals surface area contributed by atoms with Crippen LogP contribution in [0.5, 0.6) is 5.75 Å². The van der Waals surface area contributed by atoms with Crippen LogP contribution < -0.4 is 0 Å². The van der Waals surface area contributed by atoms with Crippen molar-refractivity contribution in [3.05, 3.63) is 170 Å². The number of halogens is 17. The molecule has 0 amide bonds. The fraction of sp³-hybridized carbons (Fsp3) is 0.200. The Morgan fingerprint density at radius 3 is 1.30 bits per heavy atom. The molecule has 0 bridgehead atoms. The van der Waals surface area contributed by atoms with Gasteiger partial charge in [-0.1, -0.05) is 39.8 Å². The molecule has 1 N–H and O–H groups in total. The Morgan fingerprint density at radius 2 is 0.928 bits per heavy atom. The van der Waals surface area contributed by atoms with Gasteiger partial charge >= 0.3 is 11.0 Å². The lowest BCUT2D eigenvalue weighted by molar-refractivity contribution is -0.142. The largest absolute Gasteiger partial charge is 0.508 e. The molecule has 0 saturated heterocycles. The maximum atomic E-state index is 14.7. The average Bonchev–Trinajstić information content (AvgIpc) is 3.20. The molecule has 0 radical (unpaired) electrons. The third-order valence-electron chi connectivity index (χ3n) is 8.99. The van der Waals surface area contributed by atoms with Crippen LogP contribution >= 0.6 is 31.9 Å². The van der Waals surface area contributed by atoms with E-state index in [-0.39, 0.29) is 33.0 Å². The molecule has 6 aromatic rings. The molecule has 372 valence electrons. The fourth-order valence-electron chi connectivity index (χ4n) is 6.05. The lowest BCUT2D eigenvalue weighted by Crippen LogP contribution is -2.11. The van der Waals surface area contributed by atoms with Gasteiger partial charge in [-0.25, -0.2) is 43.9 Å². The van der Waals surface area contributed by atoms with Gasteiger partial charge in [-0.3, -0.25) is 0 Å². The number of hydrogen-bond donors (Lipinski definition) is 1. The van der Waals surface area contributed by atoms with E-state index >= 15 is 0 Å². The molecule has 0 aliphatic carbocycles. The topological polar surface area (TPSA) is 20.2 Å². The van der Waals surface area contributed by atoms with Crippen LogP contribution in [0.4, 0.5) is 65.9 Å². The Balaban J connectivity index is 0.000000282. The standard InChI is InChI=1S/C23H16BrF7.C13H6F6O.C9H9BrF2.S6/c1-11(2)5-12-3-4-15(16(25)6-12)13-7-17(26)21(18(27)8-13)14-9-19(28)22(20(29)10-14)23(24,30)31;14-9-5-7(20)1-2-8(9)6-3-10(15)12(11(16)4-6)13(17,18)19;1-5(2)6-3-7(11)9(10)8(12)4-6;1-3-5-6-4-2/h3-4,6-11H,5H2,1-2H3;1-5,20H;3-5H,1-2H3;. The van der Waals surface area contributed by atoms with Crippen LogP contribution in [0, 0.1) is 64.1 Å². The summed E-state index contributed by atoms with van der Waals surface area (Å²) in [6, 6.07) is 13.0. The molecule has 0 heterocycles. The number of aromatic hydroxyl groups is 1. The summed E-state index contributed by atoms with van der Waals surface area (Å²) in [5.74, 6) is -12.2. The number of rotatable bonds is 7. The molecule has 6 aromatic carbocycles. The van der Waals surface area contributed by atoms with E-state index in [9.17, 15) is 65.9 Å². The van der Waals surface area contributed by atoms with E-state index in [1.807, 2.05) is 43.6 Å². The van der Waals surface area contributed by atoms with E-state index in [0.717, 1.165) is 29.8 Å². The summed E-state index contributed by atoms with van der Waals surface area (Å²) in [4.78, 5) is -4.00. The van der Waals surface area contributed by atoms with Crippen molar-refractivity contribution in [2.75, 3.05) is 0 Å².